The molecule has 0 fully saturated rings. The molecule has 0 heterocycles. The molecule has 5 nitrogen and oxygen atoms in total. The number of hydrogen-bond donors (Lipinski definition) is 2. The Labute approximate surface area is 133 Å². The quantitative estimate of drug-likeness (QED) is 0.771. The number of carbonyl (C=O) groups is 1. The van der Waals surface area contributed by atoms with Gasteiger partial charge in [-0.15, -0.1) is 0 Å². The Morgan fingerprint density at radius 2 is 1.73 bits per heavy atom. The summed E-state index contributed by atoms with van der Waals surface area (Å²) in [6, 6.07) is 5.87. The van der Waals surface area contributed by atoms with Gasteiger partial charge < -0.3 is 5.32 Å². The van der Waals surface area contributed by atoms with Crippen molar-refractivity contribution in [3.8, 4) is 0 Å². The van der Waals surface area contributed by atoms with E-state index in [1.807, 2.05) is 13.8 Å². The summed E-state index contributed by atoms with van der Waals surface area (Å²) in [5.74, 6) is 0.346. The van der Waals surface area contributed by atoms with Gasteiger partial charge in [0.2, 0.25) is 10.0 Å². The fourth-order valence-corrected chi connectivity index (χ4v) is 3.10. The van der Waals surface area contributed by atoms with E-state index in [0.29, 0.717) is 18.0 Å². The van der Waals surface area contributed by atoms with Crippen LogP contribution in [-0.4, -0.2) is 26.9 Å². The fourth-order valence-electron chi connectivity index (χ4n) is 1.78. The molecule has 1 aromatic carbocycles. The van der Waals surface area contributed by atoms with Gasteiger partial charge in [0.15, 0.2) is 0 Å². The van der Waals surface area contributed by atoms with Crippen LogP contribution in [0.2, 0.25) is 0 Å². The molecule has 1 atom stereocenters. The maximum absolute atomic E-state index is 12.1. The van der Waals surface area contributed by atoms with Gasteiger partial charge in [-0.1, -0.05) is 20.8 Å². The maximum Gasteiger partial charge on any atom is 0.251 e. The lowest BCUT2D eigenvalue weighted by Crippen LogP contribution is -2.32. The zero-order valence-electron chi connectivity index (χ0n) is 13.7. The molecular weight excluding hydrogens is 300 g/mol. The molecule has 0 aliphatic rings. The highest BCUT2D eigenvalue weighted by atomic mass is 32.2. The van der Waals surface area contributed by atoms with Crippen molar-refractivity contribution < 1.29 is 13.2 Å². The average molecular weight is 326 g/mol. The van der Waals surface area contributed by atoms with E-state index in [1.54, 1.807) is 0 Å². The van der Waals surface area contributed by atoms with E-state index in [4.69, 9.17) is 0 Å². The summed E-state index contributed by atoms with van der Waals surface area (Å²) in [6.45, 7) is 8.53. The molecule has 1 aromatic rings. The van der Waals surface area contributed by atoms with Gasteiger partial charge in [-0.2, -0.15) is 0 Å². The van der Waals surface area contributed by atoms with Gasteiger partial charge >= 0.3 is 0 Å². The van der Waals surface area contributed by atoms with E-state index in [0.717, 1.165) is 12.8 Å². The van der Waals surface area contributed by atoms with Crippen molar-refractivity contribution >= 4 is 15.9 Å². The zero-order chi connectivity index (χ0) is 16.8. The van der Waals surface area contributed by atoms with Crippen molar-refractivity contribution in [2.75, 3.05) is 6.54 Å². The minimum Gasteiger partial charge on any atom is -0.352 e. The Morgan fingerprint density at radius 3 is 2.23 bits per heavy atom. The number of sulfonamides is 1. The molecule has 0 saturated carbocycles. The number of hydrogen-bond acceptors (Lipinski definition) is 3. The molecule has 0 saturated heterocycles. The second-order valence-electron chi connectivity index (χ2n) is 5.89. The van der Waals surface area contributed by atoms with Crippen LogP contribution in [0.15, 0.2) is 29.2 Å². The first-order chi connectivity index (χ1) is 10.3. The Balaban J connectivity index is 2.72. The number of benzene rings is 1. The molecular formula is C16H26N2O3S. The standard InChI is InChI=1S/C16H26N2O3S/c1-5-13(4)18-22(20,21)15-8-6-14(7-9-15)16(19)17-11-10-12(2)3/h6-9,12-13,18H,5,10-11H2,1-4H3,(H,17,19). The van der Waals surface area contributed by atoms with Gasteiger partial charge in [0.1, 0.15) is 0 Å². The van der Waals surface area contributed by atoms with Crippen molar-refractivity contribution in [3.63, 3.8) is 0 Å². The first kappa shape index (κ1) is 18.6. The summed E-state index contributed by atoms with van der Waals surface area (Å²) in [6.07, 6.45) is 1.63. The highest BCUT2D eigenvalue weighted by Gasteiger charge is 2.17. The highest BCUT2D eigenvalue weighted by Crippen LogP contribution is 2.12. The van der Waals surface area contributed by atoms with E-state index in [1.165, 1.54) is 24.3 Å². The lowest BCUT2D eigenvalue weighted by atomic mass is 10.1. The smallest absolute Gasteiger partial charge is 0.251 e. The summed E-state index contributed by atoms with van der Waals surface area (Å²) in [4.78, 5) is 12.1. The molecule has 1 unspecified atom stereocenters. The lowest BCUT2D eigenvalue weighted by Gasteiger charge is -2.12. The van der Waals surface area contributed by atoms with Crippen LogP contribution in [0.1, 0.15) is 50.9 Å². The number of rotatable bonds is 8. The van der Waals surface area contributed by atoms with Gasteiger partial charge in [0.25, 0.3) is 5.91 Å². The molecule has 0 aliphatic carbocycles. The molecule has 0 bridgehead atoms. The number of nitrogens with one attached hydrogen (secondary N) is 2. The summed E-state index contributed by atoms with van der Waals surface area (Å²) < 4.78 is 26.8. The first-order valence-electron chi connectivity index (χ1n) is 7.66. The number of carbonyl (C=O) groups excluding carboxylic acids is 1. The zero-order valence-corrected chi connectivity index (χ0v) is 14.5. The summed E-state index contributed by atoms with van der Waals surface area (Å²) in [5, 5.41) is 2.83. The van der Waals surface area contributed by atoms with Gasteiger partial charge in [-0.05, 0) is 49.9 Å². The van der Waals surface area contributed by atoms with E-state index in [9.17, 15) is 13.2 Å². The van der Waals surface area contributed by atoms with E-state index in [2.05, 4.69) is 23.9 Å². The van der Waals surface area contributed by atoms with E-state index >= 15 is 0 Å². The minimum atomic E-state index is -3.52. The van der Waals surface area contributed by atoms with Crippen LogP contribution < -0.4 is 10.0 Å². The molecule has 0 radical (unpaired) electrons. The second-order valence-corrected chi connectivity index (χ2v) is 7.61. The monoisotopic (exact) mass is 326 g/mol. The predicted octanol–water partition coefficient (Wildman–Crippen LogP) is 2.54. The van der Waals surface area contributed by atoms with Crippen LogP contribution in [0, 0.1) is 5.92 Å². The van der Waals surface area contributed by atoms with Crippen LogP contribution in [0.4, 0.5) is 0 Å². The normalized spacial score (nSPS) is 13.1. The van der Waals surface area contributed by atoms with Gasteiger partial charge in [-0.3, -0.25) is 4.79 Å². The molecule has 6 heteroatoms. The predicted molar refractivity (Wildman–Crippen MR) is 88.3 cm³/mol. The van der Waals surface area contributed by atoms with Crippen molar-refractivity contribution in [1.82, 2.24) is 10.0 Å². The molecule has 0 spiro atoms. The van der Waals surface area contributed by atoms with Crippen LogP contribution in [-0.2, 0) is 10.0 Å². The number of amides is 1. The summed E-state index contributed by atoms with van der Waals surface area (Å²) >= 11 is 0. The maximum atomic E-state index is 12.1. The fraction of sp³-hybridized carbons (Fsp3) is 0.562. The summed E-state index contributed by atoms with van der Waals surface area (Å²) in [5.41, 5.74) is 0.464. The SMILES string of the molecule is CCC(C)NS(=O)(=O)c1ccc(C(=O)NCCC(C)C)cc1. The minimum absolute atomic E-state index is 0.121. The van der Waals surface area contributed by atoms with Crippen LogP contribution >= 0.6 is 0 Å². The largest absolute Gasteiger partial charge is 0.352 e. The van der Waals surface area contributed by atoms with Crippen molar-refractivity contribution in [1.29, 1.82) is 0 Å². The molecule has 22 heavy (non-hydrogen) atoms. The van der Waals surface area contributed by atoms with Crippen molar-refractivity contribution in [3.05, 3.63) is 29.8 Å². The molecule has 0 aromatic heterocycles. The van der Waals surface area contributed by atoms with E-state index in [-0.39, 0.29) is 16.8 Å². The van der Waals surface area contributed by atoms with Crippen LogP contribution in [0.25, 0.3) is 0 Å². The topological polar surface area (TPSA) is 75.3 Å². The Hall–Kier alpha value is -1.40. The average Bonchev–Trinajstić information content (AvgIpc) is 2.46. The van der Waals surface area contributed by atoms with Crippen LogP contribution in [0.5, 0.6) is 0 Å². The Kier molecular flexibility index (Phi) is 7.03. The molecule has 1 rings (SSSR count). The molecule has 124 valence electrons. The van der Waals surface area contributed by atoms with Crippen molar-refractivity contribution in [2.45, 2.75) is 51.5 Å². The molecule has 2 N–H and O–H groups in total. The third kappa shape index (κ3) is 5.77. The van der Waals surface area contributed by atoms with Gasteiger partial charge in [0, 0.05) is 18.2 Å². The Morgan fingerprint density at radius 1 is 1.14 bits per heavy atom. The van der Waals surface area contributed by atoms with E-state index < -0.39 is 10.0 Å². The molecule has 1 amide bonds. The third-order valence-electron chi connectivity index (χ3n) is 3.40. The van der Waals surface area contributed by atoms with Crippen LogP contribution in [0.3, 0.4) is 0 Å². The first-order valence-corrected chi connectivity index (χ1v) is 9.15. The molecule has 0 aliphatic heterocycles. The van der Waals surface area contributed by atoms with Crippen molar-refractivity contribution in [2.24, 2.45) is 5.92 Å². The lowest BCUT2D eigenvalue weighted by molar-refractivity contribution is 0.0952. The van der Waals surface area contributed by atoms with Gasteiger partial charge in [0.05, 0.1) is 4.90 Å². The van der Waals surface area contributed by atoms with Gasteiger partial charge in [-0.25, -0.2) is 13.1 Å². The Bertz CT molecular complexity index is 580. The second kappa shape index (κ2) is 8.29. The summed E-state index contributed by atoms with van der Waals surface area (Å²) in [7, 11) is -3.52. The highest BCUT2D eigenvalue weighted by molar-refractivity contribution is 7.89. The third-order valence-corrected chi connectivity index (χ3v) is 5.01.